The van der Waals surface area contributed by atoms with E-state index in [2.05, 4.69) is 15.0 Å². The van der Waals surface area contributed by atoms with Crippen LogP contribution in [0.5, 0.6) is 0 Å². The lowest BCUT2D eigenvalue weighted by Crippen LogP contribution is -2.00. The van der Waals surface area contributed by atoms with Gasteiger partial charge in [0.15, 0.2) is 0 Å². The molecular weight excluding hydrogens is 210 g/mol. The van der Waals surface area contributed by atoms with Gasteiger partial charge in [-0.2, -0.15) is 0 Å². The zero-order valence-corrected chi connectivity index (χ0v) is 8.14. The zero-order valence-electron chi connectivity index (χ0n) is 8.14. The van der Waals surface area contributed by atoms with Crippen molar-refractivity contribution in [3.8, 4) is 11.3 Å². The molecule has 0 aliphatic carbocycles. The Morgan fingerprint density at radius 3 is 2.81 bits per heavy atom. The fraction of sp³-hybridized carbons (Fsp3) is 0. The summed E-state index contributed by atoms with van der Waals surface area (Å²) in [7, 11) is 0. The summed E-state index contributed by atoms with van der Waals surface area (Å²) in [6.07, 6.45) is 2.88. The maximum absolute atomic E-state index is 10.7. The number of aromatic carboxylic acids is 1. The maximum Gasteiger partial charge on any atom is 0.352 e. The molecule has 0 saturated heterocycles. The molecule has 0 radical (unpaired) electrons. The monoisotopic (exact) mass is 219 g/mol. The van der Waals surface area contributed by atoms with Gasteiger partial charge in [0.05, 0.1) is 11.9 Å². The molecule has 2 heterocycles. The Hall–Kier alpha value is -2.57. The summed E-state index contributed by atoms with van der Waals surface area (Å²) < 4.78 is 0. The van der Waals surface area contributed by atoms with Gasteiger partial charge in [-0.25, -0.2) is 14.8 Å². The van der Waals surface area contributed by atoms with E-state index in [4.69, 9.17) is 16.6 Å². The fourth-order valence-corrected chi connectivity index (χ4v) is 1.29. The average Bonchev–Trinajstić information content (AvgIpc) is 2.70. The number of hydrogen-bond acceptors (Lipinski definition) is 5. The normalized spacial score (nSPS) is 10.2. The molecular formula is C9H9N5O2. The first kappa shape index (κ1) is 9.97. The number of nitrogen functional groups attached to an aromatic ring is 2. The van der Waals surface area contributed by atoms with Gasteiger partial charge in [-0.05, 0) is 6.07 Å². The van der Waals surface area contributed by atoms with E-state index in [9.17, 15) is 4.79 Å². The first-order chi connectivity index (χ1) is 7.58. The van der Waals surface area contributed by atoms with Gasteiger partial charge in [0.25, 0.3) is 0 Å². The predicted molar refractivity (Wildman–Crippen MR) is 57.6 cm³/mol. The van der Waals surface area contributed by atoms with Crippen molar-refractivity contribution in [2.24, 2.45) is 0 Å². The van der Waals surface area contributed by atoms with Gasteiger partial charge in [0, 0.05) is 11.8 Å². The molecule has 0 aliphatic heterocycles. The summed E-state index contributed by atoms with van der Waals surface area (Å²) in [6.45, 7) is 0. The number of nitrogens with zero attached hydrogens (tertiary/aromatic N) is 2. The van der Waals surface area contributed by atoms with Crippen LogP contribution in [0.1, 0.15) is 10.5 Å². The number of carbonyl (C=O) groups is 1. The number of rotatable bonds is 2. The number of aromatic nitrogens is 3. The van der Waals surface area contributed by atoms with Crippen molar-refractivity contribution in [3.63, 3.8) is 0 Å². The predicted octanol–water partition coefficient (Wildman–Crippen LogP) is 0.334. The third kappa shape index (κ3) is 1.65. The van der Waals surface area contributed by atoms with Gasteiger partial charge in [0.2, 0.25) is 5.95 Å². The highest BCUT2D eigenvalue weighted by molar-refractivity contribution is 5.88. The van der Waals surface area contributed by atoms with Gasteiger partial charge < -0.3 is 21.6 Å². The molecule has 0 amide bonds. The molecule has 16 heavy (non-hydrogen) atoms. The average molecular weight is 219 g/mol. The molecule has 2 aromatic rings. The number of hydrogen-bond donors (Lipinski definition) is 4. The lowest BCUT2D eigenvalue weighted by molar-refractivity contribution is 0.0691. The standard InChI is InChI=1S/C9H9N5O2/c10-5-3-13-9(11)14-7(5)4-1-6(8(15)16)12-2-4/h1-3,12H,10H2,(H,15,16)(H2,11,13,14). The number of aromatic amines is 1. The molecule has 0 unspecified atom stereocenters. The Balaban J connectivity index is 2.50. The minimum absolute atomic E-state index is 0.0617. The summed E-state index contributed by atoms with van der Waals surface area (Å²) in [6, 6.07) is 1.43. The van der Waals surface area contributed by atoms with Crippen molar-refractivity contribution < 1.29 is 9.90 Å². The highest BCUT2D eigenvalue weighted by atomic mass is 16.4. The van der Waals surface area contributed by atoms with Crippen LogP contribution in [0.3, 0.4) is 0 Å². The lowest BCUT2D eigenvalue weighted by Gasteiger charge is -2.01. The highest BCUT2D eigenvalue weighted by Gasteiger charge is 2.11. The molecule has 0 spiro atoms. The second-order valence-electron chi connectivity index (χ2n) is 3.14. The topological polar surface area (TPSA) is 131 Å². The van der Waals surface area contributed by atoms with Crippen molar-refractivity contribution in [2.75, 3.05) is 11.5 Å². The van der Waals surface area contributed by atoms with E-state index in [0.29, 0.717) is 16.9 Å². The molecule has 0 aliphatic rings. The van der Waals surface area contributed by atoms with Crippen LogP contribution in [-0.4, -0.2) is 26.0 Å². The van der Waals surface area contributed by atoms with Gasteiger partial charge >= 0.3 is 5.97 Å². The maximum atomic E-state index is 10.7. The third-order valence-corrected chi connectivity index (χ3v) is 2.02. The van der Waals surface area contributed by atoms with Crippen LogP contribution in [0.15, 0.2) is 18.5 Å². The molecule has 0 fully saturated rings. The Morgan fingerprint density at radius 2 is 2.19 bits per heavy atom. The summed E-state index contributed by atoms with van der Waals surface area (Å²) in [5, 5.41) is 8.75. The van der Waals surface area contributed by atoms with Crippen LogP contribution in [0, 0.1) is 0 Å². The Morgan fingerprint density at radius 1 is 1.44 bits per heavy atom. The van der Waals surface area contributed by atoms with E-state index in [1.165, 1.54) is 18.5 Å². The number of H-pyrrole nitrogens is 1. The molecule has 0 bridgehead atoms. The minimum atomic E-state index is -1.05. The molecule has 0 saturated carbocycles. The van der Waals surface area contributed by atoms with Gasteiger partial charge in [0.1, 0.15) is 11.4 Å². The Labute approximate surface area is 90.1 Å². The molecule has 6 N–H and O–H groups in total. The van der Waals surface area contributed by atoms with E-state index in [1.807, 2.05) is 0 Å². The number of carboxylic acid groups (broad SMARTS) is 1. The van der Waals surface area contributed by atoms with Crippen molar-refractivity contribution in [1.29, 1.82) is 0 Å². The summed E-state index contributed by atoms with van der Waals surface area (Å²) in [4.78, 5) is 20.9. The molecule has 82 valence electrons. The number of nitrogens with two attached hydrogens (primary N) is 2. The highest BCUT2D eigenvalue weighted by Crippen LogP contribution is 2.24. The van der Waals surface area contributed by atoms with Crippen LogP contribution >= 0.6 is 0 Å². The summed E-state index contributed by atoms with van der Waals surface area (Å²) in [5.41, 5.74) is 12.5. The molecule has 0 atom stereocenters. The Bertz CT molecular complexity index is 549. The van der Waals surface area contributed by atoms with Crippen LogP contribution < -0.4 is 11.5 Å². The van der Waals surface area contributed by atoms with E-state index in [1.54, 1.807) is 0 Å². The second kappa shape index (κ2) is 3.54. The molecule has 2 aromatic heterocycles. The minimum Gasteiger partial charge on any atom is -0.477 e. The van der Waals surface area contributed by atoms with E-state index in [-0.39, 0.29) is 11.6 Å². The van der Waals surface area contributed by atoms with E-state index < -0.39 is 5.97 Å². The van der Waals surface area contributed by atoms with Crippen LogP contribution in [0.25, 0.3) is 11.3 Å². The van der Waals surface area contributed by atoms with Crippen molar-refractivity contribution in [3.05, 3.63) is 24.2 Å². The van der Waals surface area contributed by atoms with Crippen LogP contribution in [-0.2, 0) is 0 Å². The van der Waals surface area contributed by atoms with Gasteiger partial charge in [-0.1, -0.05) is 0 Å². The SMILES string of the molecule is Nc1ncc(N)c(-c2c[nH]c(C(=O)O)c2)n1. The molecule has 0 aromatic carbocycles. The van der Waals surface area contributed by atoms with E-state index in [0.717, 1.165) is 0 Å². The molecule has 7 heteroatoms. The number of carboxylic acids is 1. The van der Waals surface area contributed by atoms with Gasteiger partial charge in [-0.3, -0.25) is 0 Å². The smallest absolute Gasteiger partial charge is 0.352 e. The fourth-order valence-electron chi connectivity index (χ4n) is 1.29. The quantitative estimate of drug-likeness (QED) is 0.575. The van der Waals surface area contributed by atoms with Crippen molar-refractivity contribution in [2.45, 2.75) is 0 Å². The van der Waals surface area contributed by atoms with E-state index >= 15 is 0 Å². The van der Waals surface area contributed by atoms with Crippen molar-refractivity contribution in [1.82, 2.24) is 15.0 Å². The largest absolute Gasteiger partial charge is 0.477 e. The Kier molecular flexibility index (Phi) is 2.20. The molecule has 2 rings (SSSR count). The number of anilines is 2. The zero-order chi connectivity index (χ0) is 11.7. The number of nitrogens with one attached hydrogen (secondary N) is 1. The lowest BCUT2D eigenvalue weighted by atomic mass is 10.2. The summed E-state index contributed by atoms with van der Waals surface area (Å²) in [5.74, 6) is -0.964. The third-order valence-electron chi connectivity index (χ3n) is 2.02. The summed E-state index contributed by atoms with van der Waals surface area (Å²) >= 11 is 0. The van der Waals surface area contributed by atoms with Crippen molar-refractivity contribution >= 4 is 17.6 Å². The second-order valence-corrected chi connectivity index (χ2v) is 3.14. The molecule has 7 nitrogen and oxygen atoms in total. The van der Waals surface area contributed by atoms with Crippen LogP contribution in [0.2, 0.25) is 0 Å². The first-order valence-electron chi connectivity index (χ1n) is 4.38. The van der Waals surface area contributed by atoms with Crippen LogP contribution in [0.4, 0.5) is 11.6 Å². The first-order valence-corrected chi connectivity index (χ1v) is 4.38. The van der Waals surface area contributed by atoms with Gasteiger partial charge in [-0.15, -0.1) is 0 Å².